The molecule has 0 saturated heterocycles. The van der Waals surface area contributed by atoms with Crippen molar-refractivity contribution in [3.05, 3.63) is 30.3 Å². The summed E-state index contributed by atoms with van der Waals surface area (Å²) in [5, 5.41) is 11.0. The molecule has 0 radical (unpaired) electrons. The van der Waals surface area contributed by atoms with E-state index in [2.05, 4.69) is 11.4 Å². The number of amides is 1. The Balaban J connectivity index is 2.67. The van der Waals surface area contributed by atoms with Crippen LogP contribution in [0.15, 0.2) is 24.3 Å². The average Bonchev–Trinajstić information content (AvgIpc) is 2.18. The Labute approximate surface area is 91.3 Å². The third kappa shape index (κ3) is 2.89. The van der Waals surface area contributed by atoms with Crippen LogP contribution in [0.4, 0.5) is 5.69 Å². The molecule has 0 atom stereocenters. The van der Waals surface area contributed by atoms with Gasteiger partial charge in [-0.1, -0.05) is 0 Å². The number of hydrogen-bond donors (Lipinski definition) is 2. The van der Waals surface area contributed by atoms with Crippen LogP contribution in [-0.4, -0.2) is 20.9 Å². The summed E-state index contributed by atoms with van der Waals surface area (Å²) in [5.41, 5.74) is 0.470. The number of carbonyl (C=O) groups is 2. The number of nitrogens with one attached hydrogen (secondary N) is 1. The van der Waals surface area contributed by atoms with Crippen molar-refractivity contribution in [1.82, 2.24) is 0 Å². The molecule has 14 heavy (non-hydrogen) atoms. The zero-order valence-electron chi connectivity index (χ0n) is 6.98. The molecule has 0 aromatic heterocycles. The van der Waals surface area contributed by atoms with E-state index in [4.69, 9.17) is 5.11 Å². The summed E-state index contributed by atoms with van der Waals surface area (Å²) in [6.07, 6.45) is 0. The number of carboxylic acid groups (broad SMARTS) is 1. The molecule has 5 heteroatoms. The molecule has 1 aromatic carbocycles. The first kappa shape index (κ1) is 10.8. The molecule has 0 bridgehead atoms. The van der Waals surface area contributed by atoms with Crippen LogP contribution in [-0.2, 0) is 28.9 Å². The molecule has 4 nitrogen and oxygen atoms in total. The fourth-order valence-electron chi connectivity index (χ4n) is 0.747. The summed E-state index contributed by atoms with van der Waals surface area (Å²) in [5.74, 6) is -1.77. The van der Waals surface area contributed by atoms with E-state index in [1.165, 1.54) is 0 Å². The van der Waals surface area contributed by atoms with Crippen LogP contribution in [0.5, 0.6) is 0 Å². The molecule has 0 fully saturated rings. The molecule has 0 aliphatic rings. The van der Waals surface area contributed by atoms with Crippen molar-refractivity contribution in [2.75, 3.05) is 5.32 Å². The number of aliphatic carboxylic acids is 1. The molecule has 2 N–H and O–H groups in total. The topological polar surface area (TPSA) is 66.4 Å². The van der Waals surface area contributed by atoms with Crippen molar-refractivity contribution in [2.45, 2.75) is 0 Å². The van der Waals surface area contributed by atoms with E-state index in [9.17, 15) is 9.59 Å². The zero-order chi connectivity index (χ0) is 10.6. The van der Waals surface area contributed by atoms with Crippen molar-refractivity contribution in [1.29, 1.82) is 0 Å². The normalized spacial score (nSPS) is 9.14. The molecule has 1 amide bonds. The minimum atomic E-state index is -1.19. The molecular weight excluding hydrogens is 354 g/mol. The summed E-state index contributed by atoms with van der Waals surface area (Å²) in [6, 6.07) is 9.53. The van der Waals surface area contributed by atoms with Gasteiger partial charge in [-0.05, 0) is 0 Å². The number of anilines is 1. The molecular formula is C9H6NO3W-. The molecule has 0 heterocycles. The van der Waals surface area contributed by atoms with Gasteiger partial charge in [0.25, 0.3) is 0 Å². The monoisotopic (exact) mass is 360 g/mol. The van der Waals surface area contributed by atoms with Crippen molar-refractivity contribution in [2.24, 2.45) is 0 Å². The molecule has 0 aliphatic carbocycles. The molecule has 0 saturated carbocycles. The van der Waals surface area contributed by atoms with E-state index in [1.54, 1.807) is 24.3 Å². The maximum atomic E-state index is 11.2. The van der Waals surface area contributed by atoms with Crippen LogP contribution in [0, 0.1) is 6.07 Å². The van der Waals surface area contributed by atoms with Crippen LogP contribution < -0.4 is 5.32 Å². The fraction of sp³-hybridized carbons (Fsp3) is 0. The van der Waals surface area contributed by atoms with Crippen LogP contribution in [0.1, 0.15) is 0 Å². The van der Waals surface area contributed by atoms with Gasteiger partial charge in [-0.3, -0.25) is 0 Å². The van der Waals surface area contributed by atoms with Crippen LogP contribution in [0.2, 0.25) is 0 Å². The maximum absolute atomic E-state index is 11.2. The summed E-state index contributed by atoms with van der Waals surface area (Å²) < 4.78 is -0.165. The summed E-state index contributed by atoms with van der Waals surface area (Å²) >= 11 is 0.626. The van der Waals surface area contributed by atoms with Gasteiger partial charge in [0.2, 0.25) is 0 Å². The van der Waals surface area contributed by atoms with Gasteiger partial charge in [0.15, 0.2) is 0 Å². The van der Waals surface area contributed by atoms with Crippen LogP contribution in [0.25, 0.3) is 0 Å². The fourth-order valence-corrected chi connectivity index (χ4v) is 0.931. The third-order valence-electron chi connectivity index (χ3n) is 1.36. The van der Waals surface area contributed by atoms with E-state index >= 15 is 0 Å². The van der Waals surface area contributed by atoms with E-state index in [-0.39, 0.29) is 3.90 Å². The van der Waals surface area contributed by atoms with Crippen LogP contribution >= 0.6 is 0 Å². The van der Waals surface area contributed by atoms with Crippen molar-refractivity contribution in [3.8, 4) is 0 Å². The number of hydrogen-bond acceptors (Lipinski definition) is 2. The second-order valence-electron chi connectivity index (χ2n) is 2.36. The Morgan fingerprint density at radius 1 is 1.43 bits per heavy atom. The van der Waals surface area contributed by atoms with Gasteiger partial charge in [0.05, 0.1) is 0 Å². The van der Waals surface area contributed by atoms with Crippen LogP contribution in [0.3, 0.4) is 0 Å². The first-order chi connectivity index (χ1) is 6.61. The Morgan fingerprint density at radius 2 is 2.14 bits per heavy atom. The van der Waals surface area contributed by atoms with Crippen molar-refractivity contribution < 1.29 is 34.0 Å². The number of para-hydroxylation sites is 1. The number of benzene rings is 1. The van der Waals surface area contributed by atoms with Gasteiger partial charge < -0.3 is 0 Å². The SMILES string of the molecule is O=C(O)[C](=[W])C(=O)Nc1[c-]cccc1. The molecule has 0 unspecified atom stereocenters. The standard InChI is InChI=1S/C9H6NO3.W/c11-8(6-9(12)13)10-7-4-2-1-3-5-7;/h1-4H,(H,10,11)(H,12,13);/q-1;. The average molecular weight is 360 g/mol. The number of carboxylic acids is 1. The van der Waals surface area contributed by atoms with Gasteiger partial charge in [-0.2, -0.15) is 0 Å². The first-order valence-electron chi connectivity index (χ1n) is 3.66. The van der Waals surface area contributed by atoms with E-state index < -0.39 is 11.9 Å². The molecule has 0 spiro atoms. The molecule has 1 rings (SSSR count). The zero-order valence-corrected chi connectivity index (χ0v) is 9.91. The molecule has 0 aliphatic heterocycles. The first-order valence-corrected chi connectivity index (χ1v) is 5.13. The predicted molar refractivity (Wildman–Crippen MR) is 46.6 cm³/mol. The minimum absolute atomic E-state index is 0.165. The Morgan fingerprint density at radius 3 is 2.64 bits per heavy atom. The van der Waals surface area contributed by atoms with Gasteiger partial charge in [0.1, 0.15) is 0 Å². The van der Waals surface area contributed by atoms with Gasteiger partial charge in [-0.25, -0.2) is 0 Å². The summed E-state index contributed by atoms with van der Waals surface area (Å²) in [4.78, 5) is 21.7. The third-order valence-corrected chi connectivity index (χ3v) is 2.65. The van der Waals surface area contributed by atoms with Crippen molar-refractivity contribution >= 4 is 21.5 Å². The molecule has 1 aromatic rings. The summed E-state index contributed by atoms with van der Waals surface area (Å²) in [7, 11) is 0. The Bertz CT molecular complexity index is 375. The quantitative estimate of drug-likeness (QED) is 0.599. The second kappa shape index (κ2) is 4.82. The Kier molecular flexibility index (Phi) is 3.71. The summed E-state index contributed by atoms with van der Waals surface area (Å²) in [6.45, 7) is 0. The van der Waals surface area contributed by atoms with Crippen molar-refractivity contribution in [3.63, 3.8) is 0 Å². The second-order valence-corrected chi connectivity index (χ2v) is 3.83. The van der Waals surface area contributed by atoms with E-state index in [0.717, 1.165) is 0 Å². The molecule has 72 valence electrons. The van der Waals surface area contributed by atoms with E-state index in [1.807, 2.05) is 0 Å². The predicted octanol–water partition coefficient (Wildman–Crippen LogP) is 0.229. The van der Waals surface area contributed by atoms with E-state index in [0.29, 0.717) is 25.0 Å². The number of carbonyl (C=O) groups excluding carboxylic acids is 1. The van der Waals surface area contributed by atoms with Gasteiger partial charge in [0, 0.05) is 0 Å². The number of rotatable bonds is 3. The van der Waals surface area contributed by atoms with Gasteiger partial charge in [-0.15, -0.1) is 0 Å². The Hall–Kier alpha value is -1.28. The van der Waals surface area contributed by atoms with Gasteiger partial charge >= 0.3 is 91.2 Å².